The number of carbonyl (C=O) groups is 1. The Balaban J connectivity index is -0.0000000781. The van der Waals surface area contributed by atoms with Crippen molar-refractivity contribution in [3.05, 3.63) is 0 Å². The second-order valence-corrected chi connectivity index (χ2v) is 11.5. The minimum Gasteiger partial charge on any atom is -1.00 e. The van der Waals surface area contributed by atoms with Gasteiger partial charge in [0.1, 0.15) is 0 Å². The largest absolute Gasteiger partial charge is 1.00 e. The molecule has 9 heteroatoms. The topological polar surface area (TPSA) is 76.4 Å². The number of ether oxygens (including phenoxy) is 1. The van der Waals surface area contributed by atoms with Gasteiger partial charge in [-0.15, -0.1) is 23.2 Å². The van der Waals surface area contributed by atoms with Crippen LogP contribution in [0.4, 0.5) is 0 Å². The van der Waals surface area contributed by atoms with Gasteiger partial charge < -0.3 is 22.5 Å². The molecule has 3 unspecified atom stereocenters. The summed E-state index contributed by atoms with van der Waals surface area (Å²) in [6.07, 6.45) is 18.2. The van der Waals surface area contributed by atoms with Crippen molar-refractivity contribution >= 4 is 46.5 Å². The van der Waals surface area contributed by atoms with Gasteiger partial charge in [-0.2, -0.15) is 0 Å². The zero-order chi connectivity index (χ0) is 31.3. The van der Waals surface area contributed by atoms with Crippen molar-refractivity contribution in [2.24, 2.45) is 23.5 Å². The summed E-state index contributed by atoms with van der Waals surface area (Å²) in [5, 5.41) is 6.47. The van der Waals surface area contributed by atoms with Gasteiger partial charge in [0.2, 0.25) is 5.91 Å². The van der Waals surface area contributed by atoms with Gasteiger partial charge in [-0.05, 0) is 69.5 Å². The Labute approximate surface area is 298 Å². The van der Waals surface area contributed by atoms with E-state index in [1.807, 2.05) is 0 Å². The van der Waals surface area contributed by atoms with Crippen LogP contribution in [0.2, 0.25) is 0 Å². The van der Waals surface area contributed by atoms with Gasteiger partial charge in [0, 0.05) is 26.7 Å². The van der Waals surface area contributed by atoms with E-state index in [9.17, 15) is 4.79 Å². The molecule has 42 heavy (non-hydrogen) atoms. The maximum Gasteiger partial charge on any atom is 1.00 e. The van der Waals surface area contributed by atoms with E-state index in [2.05, 4.69) is 59.1 Å². The molecular weight excluding hydrogens is 575 g/mol. The van der Waals surface area contributed by atoms with Gasteiger partial charge in [0.05, 0.1) is 5.34 Å². The van der Waals surface area contributed by atoms with Crippen LogP contribution in [-0.4, -0.2) is 68.0 Å². The number of unbranched alkanes of at least 4 members (excludes halogenated alkanes) is 3. The van der Waals surface area contributed by atoms with Gasteiger partial charge in [0.15, 0.2) is 17.4 Å². The number of nitrogens with two attached hydrogens (primary N) is 1. The second-order valence-electron chi connectivity index (χ2n) is 10.7. The number of hydrogen-bond donors (Lipinski definition) is 3. The zero-order valence-corrected chi connectivity index (χ0v) is 30.7. The molecule has 1 aliphatic heterocycles. The standard InChI is InChI=1S/C10H21NO.C10H23N.C8H19N.C4H8O.CH2Cl2.Al.Li.4H/c1-4-6-7-10(5-2)8-11-9(3)12;1-4-7-8-10(5-2)9-11-6-3;1-3-5-6-8(4-2)7-9;1-2-4-5-3-1;2-1-3;;;;;;/h10H,4-8H2,1-3H3,(H,11,12);10-11H,4-9H2,1-3H3;8H,3-7,9H2,1-2H3;1-4H2;1H2;;;;;;/q;;;;;;+1;;;;-1. The van der Waals surface area contributed by atoms with Gasteiger partial charge in [0.25, 0.3) is 0 Å². The van der Waals surface area contributed by atoms with Crippen LogP contribution in [0.1, 0.15) is 147 Å². The van der Waals surface area contributed by atoms with E-state index in [4.69, 9.17) is 33.7 Å². The molecule has 1 rings (SSSR count). The summed E-state index contributed by atoms with van der Waals surface area (Å²) in [5.74, 6) is 2.46. The first kappa shape index (κ1) is 55.5. The van der Waals surface area contributed by atoms with E-state index >= 15 is 0 Å². The minimum atomic E-state index is 0. The van der Waals surface area contributed by atoms with Gasteiger partial charge in [-0.3, -0.25) is 4.79 Å². The fourth-order valence-corrected chi connectivity index (χ4v) is 4.01. The molecule has 3 atom stereocenters. The van der Waals surface area contributed by atoms with Crippen LogP contribution < -0.4 is 35.2 Å². The van der Waals surface area contributed by atoms with Crippen LogP contribution in [0.5, 0.6) is 0 Å². The van der Waals surface area contributed by atoms with Crippen molar-refractivity contribution in [3.63, 3.8) is 0 Å². The molecule has 254 valence electrons. The van der Waals surface area contributed by atoms with Gasteiger partial charge >= 0.3 is 18.9 Å². The molecule has 1 saturated heterocycles. The van der Waals surface area contributed by atoms with E-state index in [1.54, 1.807) is 6.92 Å². The number of hydrogen-bond acceptors (Lipinski definition) is 4. The Morgan fingerprint density at radius 2 is 1.17 bits per heavy atom. The quantitative estimate of drug-likeness (QED) is 0.136. The van der Waals surface area contributed by atoms with Crippen molar-refractivity contribution in [1.29, 1.82) is 0 Å². The summed E-state index contributed by atoms with van der Waals surface area (Å²) >= 11 is 9.53. The monoisotopic (exact) mass is 652 g/mol. The number of amides is 1. The molecule has 1 fully saturated rings. The van der Waals surface area contributed by atoms with Crippen molar-refractivity contribution in [3.8, 4) is 0 Å². The molecule has 0 aliphatic carbocycles. The predicted molar refractivity (Wildman–Crippen MR) is 194 cm³/mol. The summed E-state index contributed by atoms with van der Waals surface area (Å²) in [6, 6.07) is 0. The third-order valence-corrected chi connectivity index (χ3v) is 7.11. The maximum atomic E-state index is 10.6. The molecule has 5 nitrogen and oxygen atoms in total. The first-order valence-corrected chi connectivity index (χ1v) is 17.7. The number of halogens is 2. The molecule has 0 aromatic heterocycles. The predicted octanol–water partition coefficient (Wildman–Crippen LogP) is 5.46. The van der Waals surface area contributed by atoms with Crippen LogP contribution in [0.15, 0.2) is 0 Å². The molecule has 0 aromatic carbocycles. The fourth-order valence-electron chi connectivity index (χ4n) is 4.01. The fraction of sp³-hybridized carbons (Fsp3) is 0.970. The Kier molecular flexibility index (Phi) is 68.2. The molecule has 1 aliphatic rings. The summed E-state index contributed by atoms with van der Waals surface area (Å²) in [6.45, 7) is 23.2. The van der Waals surface area contributed by atoms with Crippen molar-refractivity contribution in [1.82, 2.24) is 10.6 Å². The molecule has 0 spiro atoms. The molecule has 0 saturated carbocycles. The zero-order valence-electron chi connectivity index (χ0n) is 30.2. The number of alkyl halides is 2. The molecule has 0 bridgehead atoms. The minimum absolute atomic E-state index is 0. The van der Waals surface area contributed by atoms with Crippen LogP contribution in [0.25, 0.3) is 0 Å². The van der Waals surface area contributed by atoms with E-state index in [0.29, 0.717) is 5.92 Å². The average Bonchev–Trinajstić information content (AvgIpc) is 3.56. The van der Waals surface area contributed by atoms with Crippen molar-refractivity contribution in [2.75, 3.05) is 44.7 Å². The Hall–Kier alpha value is 1.06. The molecular formula is C33H77AlCl2LiN3O2. The van der Waals surface area contributed by atoms with E-state index in [-0.39, 0.29) is 48.9 Å². The molecule has 4 N–H and O–H groups in total. The van der Waals surface area contributed by atoms with E-state index < -0.39 is 0 Å². The number of carbonyl (C=O) groups excluding carboxylic acids is 1. The first-order valence-electron chi connectivity index (χ1n) is 16.7. The Morgan fingerprint density at radius 1 is 0.786 bits per heavy atom. The summed E-state index contributed by atoms with van der Waals surface area (Å²) < 4.78 is 4.94. The van der Waals surface area contributed by atoms with Crippen LogP contribution >= 0.6 is 23.2 Å². The summed E-state index contributed by atoms with van der Waals surface area (Å²) in [7, 11) is 0. The number of nitrogens with one attached hydrogen (secondary N) is 2. The third-order valence-electron chi connectivity index (χ3n) is 7.11. The normalized spacial score (nSPS) is 13.3. The molecule has 1 heterocycles. The smallest absolute Gasteiger partial charge is 1.00 e. The molecule has 0 aromatic rings. The molecule has 1 amide bonds. The third kappa shape index (κ3) is 53.6. The van der Waals surface area contributed by atoms with Gasteiger partial charge in [-0.1, -0.05) is 106 Å². The maximum absolute atomic E-state index is 10.6. The van der Waals surface area contributed by atoms with Crippen molar-refractivity contribution < 1.29 is 29.8 Å². The summed E-state index contributed by atoms with van der Waals surface area (Å²) in [5.41, 5.74) is 5.52. The summed E-state index contributed by atoms with van der Waals surface area (Å²) in [4.78, 5) is 10.6. The SMILES string of the molecule is C1CCOC1.CCCCC(CC)CN.CCCCC(CC)CNC(C)=O.CCCCC(CC)CNCC.ClCCl.[AlH3].[H-].[Li+]. The van der Waals surface area contributed by atoms with E-state index in [1.165, 1.54) is 96.4 Å². The van der Waals surface area contributed by atoms with Crippen LogP contribution in [0.3, 0.4) is 0 Å². The van der Waals surface area contributed by atoms with Gasteiger partial charge in [-0.25, -0.2) is 0 Å². The van der Waals surface area contributed by atoms with E-state index in [0.717, 1.165) is 44.7 Å². The Morgan fingerprint density at radius 3 is 1.43 bits per heavy atom. The molecule has 0 radical (unpaired) electrons. The van der Waals surface area contributed by atoms with Crippen molar-refractivity contribution in [2.45, 2.75) is 145 Å². The first-order chi connectivity index (χ1) is 19.3. The van der Waals surface area contributed by atoms with Crippen LogP contribution in [-0.2, 0) is 9.53 Å². The Bertz CT molecular complexity index is 443. The number of rotatable bonds is 18. The second kappa shape index (κ2) is 51.6. The van der Waals surface area contributed by atoms with Crippen LogP contribution in [0, 0.1) is 17.8 Å². The average molecular weight is 653 g/mol.